The second-order valence-corrected chi connectivity index (χ2v) is 2.67. The van der Waals surface area contributed by atoms with Crippen molar-refractivity contribution in [3.05, 3.63) is 5.01 Å². The van der Waals surface area contributed by atoms with E-state index in [0.29, 0.717) is 11.7 Å². The zero-order chi connectivity index (χ0) is 6.69. The number of halogens is 1. The number of rotatable bonds is 2. The number of hydrogen-bond donors (Lipinski definition) is 2. The van der Waals surface area contributed by atoms with E-state index in [1.807, 2.05) is 0 Å². The lowest BCUT2D eigenvalue weighted by Crippen LogP contribution is -2.01. The first kappa shape index (κ1) is 9.61. The van der Waals surface area contributed by atoms with Crippen LogP contribution in [-0.4, -0.2) is 16.7 Å². The lowest BCUT2D eigenvalue weighted by molar-refractivity contribution is 0.914. The molecule has 10 heavy (non-hydrogen) atoms. The quantitative estimate of drug-likeness (QED) is 0.674. The van der Waals surface area contributed by atoms with Crippen molar-refractivity contribution in [3.8, 4) is 0 Å². The van der Waals surface area contributed by atoms with Gasteiger partial charge in [-0.05, 0) is 6.54 Å². The molecule has 0 spiro atoms. The van der Waals surface area contributed by atoms with E-state index in [9.17, 15) is 0 Å². The molecule has 6 heteroatoms. The second-order valence-electron chi connectivity index (χ2n) is 1.57. The fraction of sp³-hybridized carbons (Fsp3) is 0.500. The molecule has 0 aliphatic rings. The molecule has 58 valence electrons. The Labute approximate surface area is 69.0 Å². The van der Waals surface area contributed by atoms with Gasteiger partial charge in [-0.2, -0.15) is 0 Å². The van der Waals surface area contributed by atoms with Gasteiger partial charge in [0, 0.05) is 6.42 Å². The summed E-state index contributed by atoms with van der Waals surface area (Å²) in [6.07, 6.45) is 0.773. The van der Waals surface area contributed by atoms with Crippen molar-refractivity contribution in [2.45, 2.75) is 6.42 Å². The molecule has 0 aliphatic heterocycles. The van der Waals surface area contributed by atoms with Crippen LogP contribution in [0.15, 0.2) is 0 Å². The van der Waals surface area contributed by atoms with Crippen molar-refractivity contribution in [2.24, 2.45) is 5.73 Å². The van der Waals surface area contributed by atoms with E-state index in [4.69, 9.17) is 11.5 Å². The maximum atomic E-state index is 5.31. The van der Waals surface area contributed by atoms with Gasteiger partial charge in [-0.3, -0.25) is 0 Å². The molecule has 1 heterocycles. The minimum Gasteiger partial charge on any atom is -0.374 e. The highest BCUT2D eigenvalue weighted by Crippen LogP contribution is 2.09. The standard InChI is InChI=1S/C4H8N4S.ClH/c5-2-1-3-7-8-4(6)9-3;/h1-2,5H2,(H2,6,8);1H. The SMILES string of the molecule is Cl.NCCc1nnc(N)s1. The lowest BCUT2D eigenvalue weighted by atomic mass is 10.5. The molecule has 0 radical (unpaired) electrons. The molecule has 1 aromatic heterocycles. The monoisotopic (exact) mass is 180 g/mol. The Morgan fingerprint density at radius 3 is 2.50 bits per heavy atom. The van der Waals surface area contributed by atoms with Crippen LogP contribution in [0, 0.1) is 0 Å². The van der Waals surface area contributed by atoms with Gasteiger partial charge in [0.05, 0.1) is 0 Å². The Morgan fingerprint density at radius 2 is 2.10 bits per heavy atom. The highest BCUT2D eigenvalue weighted by Gasteiger charge is 1.96. The molecule has 1 rings (SSSR count). The number of hydrogen-bond acceptors (Lipinski definition) is 5. The summed E-state index contributed by atoms with van der Waals surface area (Å²) in [7, 11) is 0. The maximum absolute atomic E-state index is 5.31. The van der Waals surface area contributed by atoms with E-state index >= 15 is 0 Å². The third-order valence-corrected chi connectivity index (χ3v) is 1.65. The van der Waals surface area contributed by atoms with E-state index in [0.717, 1.165) is 11.4 Å². The molecule has 4 N–H and O–H groups in total. The highest BCUT2D eigenvalue weighted by molar-refractivity contribution is 7.15. The molecule has 0 amide bonds. The zero-order valence-electron chi connectivity index (χ0n) is 5.28. The van der Waals surface area contributed by atoms with Gasteiger partial charge in [0.25, 0.3) is 0 Å². The summed E-state index contributed by atoms with van der Waals surface area (Å²) in [6.45, 7) is 0.606. The zero-order valence-corrected chi connectivity index (χ0v) is 6.91. The summed E-state index contributed by atoms with van der Waals surface area (Å²) in [5, 5.41) is 8.82. The number of nitrogens with two attached hydrogens (primary N) is 2. The molecule has 4 nitrogen and oxygen atoms in total. The van der Waals surface area contributed by atoms with Gasteiger partial charge < -0.3 is 11.5 Å². The summed E-state index contributed by atoms with van der Waals surface area (Å²) in [4.78, 5) is 0. The van der Waals surface area contributed by atoms with Crippen LogP contribution in [0.2, 0.25) is 0 Å². The van der Waals surface area contributed by atoms with E-state index in [2.05, 4.69) is 10.2 Å². The van der Waals surface area contributed by atoms with Crippen LogP contribution in [-0.2, 0) is 6.42 Å². The average molecular weight is 181 g/mol. The third kappa shape index (κ3) is 2.47. The molecule has 0 aliphatic carbocycles. The van der Waals surface area contributed by atoms with Crippen molar-refractivity contribution >= 4 is 28.9 Å². The van der Waals surface area contributed by atoms with Crippen molar-refractivity contribution in [3.63, 3.8) is 0 Å². The van der Waals surface area contributed by atoms with Crippen LogP contribution in [0.3, 0.4) is 0 Å². The highest BCUT2D eigenvalue weighted by atomic mass is 35.5. The Bertz CT molecular complexity index is 189. The lowest BCUT2D eigenvalue weighted by Gasteiger charge is -1.83. The first-order chi connectivity index (χ1) is 4.33. The molecule has 0 fully saturated rings. The summed E-state index contributed by atoms with van der Waals surface area (Å²) in [5.41, 5.74) is 10.6. The van der Waals surface area contributed by atoms with Crippen molar-refractivity contribution in [2.75, 3.05) is 12.3 Å². The Balaban J connectivity index is 0.000000810. The summed E-state index contributed by atoms with van der Waals surface area (Å²) in [6, 6.07) is 0. The average Bonchev–Trinajstić information content (AvgIpc) is 2.17. The molecular weight excluding hydrogens is 172 g/mol. The summed E-state index contributed by atoms with van der Waals surface area (Å²) < 4.78 is 0. The molecule has 0 saturated carbocycles. The van der Waals surface area contributed by atoms with Gasteiger partial charge in [-0.15, -0.1) is 22.6 Å². The van der Waals surface area contributed by atoms with Gasteiger partial charge >= 0.3 is 0 Å². The summed E-state index contributed by atoms with van der Waals surface area (Å²) >= 11 is 1.39. The van der Waals surface area contributed by atoms with Gasteiger partial charge in [0.1, 0.15) is 5.01 Å². The fourth-order valence-electron chi connectivity index (χ4n) is 0.491. The van der Waals surface area contributed by atoms with E-state index < -0.39 is 0 Å². The molecule has 0 aromatic carbocycles. The molecule has 0 saturated heterocycles. The van der Waals surface area contributed by atoms with Crippen molar-refractivity contribution in [1.82, 2.24) is 10.2 Å². The predicted octanol–water partition coefficient (Wildman–Crippen LogP) is 0.0433. The molecule has 0 atom stereocenters. The smallest absolute Gasteiger partial charge is 0.203 e. The topological polar surface area (TPSA) is 77.8 Å². The van der Waals surface area contributed by atoms with Crippen molar-refractivity contribution in [1.29, 1.82) is 0 Å². The van der Waals surface area contributed by atoms with Gasteiger partial charge in [-0.25, -0.2) is 0 Å². The summed E-state index contributed by atoms with van der Waals surface area (Å²) in [5.74, 6) is 0. The minimum atomic E-state index is 0. The van der Waals surface area contributed by atoms with E-state index in [1.165, 1.54) is 11.3 Å². The Hall–Kier alpha value is -0.390. The van der Waals surface area contributed by atoms with E-state index in [-0.39, 0.29) is 12.4 Å². The van der Waals surface area contributed by atoms with Crippen LogP contribution < -0.4 is 11.5 Å². The second kappa shape index (κ2) is 4.43. The van der Waals surface area contributed by atoms with Crippen LogP contribution in [0.5, 0.6) is 0 Å². The van der Waals surface area contributed by atoms with Crippen LogP contribution in [0.25, 0.3) is 0 Å². The van der Waals surface area contributed by atoms with Gasteiger partial charge in [-0.1, -0.05) is 11.3 Å². The van der Waals surface area contributed by atoms with Crippen molar-refractivity contribution < 1.29 is 0 Å². The fourth-order valence-corrected chi connectivity index (χ4v) is 1.12. The Morgan fingerprint density at radius 1 is 1.40 bits per heavy atom. The molecular formula is C4H9ClN4S. The normalized spacial score (nSPS) is 8.90. The minimum absolute atomic E-state index is 0. The van der Waals surface area contributed by atoms with E-state index in [1.54, 1.807) is 0 Å². The molecule has 1 aromatic rings. The first-order valence-corrected chi connectivity index (χ1v) is 3.42. The van der Waals surface area contributed by atoms with Crippen LogP contribution >= 0.6 is 23.7 Å². The van der Waals surface area contributed by atoms with Crippen LogP contribution in [0.1, 0.15) is 5.01 Å². The number of anilines is 1. The first-order valence-electron chi connectivity index (χ1n) is 2.61. The van der Waals surface area contributed by atoms with Crippen LogP contribution in [0.4, 0.5) is 5.13 Å². The Kier molecular flexibility index (Phi) is 4.26. The molecule has 0 bridgehead atoms. The molecule has 0 unspecified atom stereocenters. The third-order valence-electron chi connectivity index (χ3n) is 0.841. The number of aromatic nitrogens is 2. The maximum Gasteiger partial charge on any atom is 0.203 e. The van der Waals surface area contributed by atoms with Gasteiger partial charge in [0.15, 0.2) is 0 Å². The number of nitrogens with zero attached hydrogens (tertiary/aromatic N) is 2. The number of nitrogen functional groups attached to an aromatic ring is 1. The van der Waals surface area contributed by atoms with Gasteiger partial charge in [0.2, 0.25) is 5.13 Å². The largest absolute Gasteiger partial charge is 0.374 e. The predicted molar refractivity (Wildman–Crippen MR) is 44.3 cm³/mol.